The molecule has 2 N–H and O–H groups in total. The lowest BCUT2D eigenvalue weighted by molar-refractivity contribution is -0.140. The van der Waals surface area contributed by atoms with Gasteiger partial charge in [0.1, 0.15) is 0 Å². The van der Waals surface area contributed by atoms with Crippen LogP contribution in [0.15, 0.2) is 24.3 Å². The number of aryl methyl sites for hydroxylation is 1. The van der Waals surface area contributed by atoms with Crippen molar-refractivity contribution in [2.45, 2.75) is 58.5 Å². The monoisotopic (exact) mass is 302 g/mol. The molecule has 0 radical (unpaired) electrons. The van der Waals surface area contributed by atoms with Gasteiger partial charge in [-0.1, -0.05) is 51.0 Å². The van der Waals surface area contributed by atoms with Gasteiger partial charge in [-0.3, -0.25) is 9.59 Å². The molecule has 0 bridgehead atoms. The maximum absolute atomic E-state index is 12.0. The average Bonchev–Trinajstić information content (AvgIpc) is 2.55. The van der Waals surface area contributed by atoms with E-state index in [9.17, 15) is 9.59 Å². The van der Waals surface area contributed by atoms with E-state index in [0.29, 0.717) is 12.5 Å². The Labute approximate surface area is 132 Å². The SMILES string of the molecule is CCc1ccc(CNC(=O)C(=O)N[C@H]2CCCC[C@@H]2C)cc1. The highest BCUT2D eigenvalue weighted by molar-refractivity contribution is 6.35. The Balaban J connectivity index is 1.79. The zero-order valence-corrected chi connectivity index (χ0v) is 13.5. The van der Waals surface area contributed by atoms with Gasteiger partial charge in [-0.05, 0) is 36.3 Å². The molecule has 2 amide bonds. The molecule has 22 heavy (non-hydrogen) atoms. The summed E-state index contributed by atoms with van der Waals surface area (Å²) in [6.07, 6.45) is 5.43. The summed E-state index contributed by atoms with van der Waals surface area (Å²) in [5.74, 6) is -0.603. The molecule has 0 saturated heterocycles. The predicted octanol–water partition coefficient (Wildman–Crippen LogP) is 2.56. The van der Waals surface area contributed by atoms with E-state index in [1.165, 1.54) is 12.0 Å². The molecule has 1 aliphatic rings. The van der Waals surface area contributed by atoms with E-state index in [2.05, 4.69) is 24.5 Å². The second-order valence-corrected chi connectivity index (χ2v) is 6.19. The van der Waals surface area contributed by atoms with E-state index >= 15 is 0 Å². The predicted molar refractivity (Wildman–Crippen MR) is 87.2 cm³/mol. The lowest BCUT2D eigenvalue weighted by Crippen LogP contribution is -2.47. The average molecular weight is 302 g/mol. The van der Waals surface area contributed by atoms with Crippen LogP contribution in [0.1, 0.15) is 50.7 Å². The van der Waals surface area contributed by atoms with Crippen molar-refractivity contribution in [3.63, 3.8) is 0 Å². The molecule has 2 rings (SSSR count). The van der Waals surface area contributed by atoms with Gasteiger partial charge in [0.15, 0.2) is 0 Å². The lowest BCUT2D eigenvalue weighted by Gasteiger charge is -2.29. The number of hydrogen-bond donors (Lipinski definition) is 2. The smallest absolute Gasteiger partial charge is 0.309 e. The third-order valence-corrected chi connectivity index (χ3v) is 4.52. The molecule has 0 aromatic heterocycles. The first-order valence-electron chi connectivity index (χ1n) is 8.26. The Kier molecular flexibility index (Phi) is 5.99. The second-order valence-electron chi connectivity index (χ2n) is 6.19. The molecule has 4 heteroatoms. The van der Waals surface area contributed by atoms with E-state index in [1.807, 2.05) is 24.3 Å². The highest BCUT2D eigenvalue weighted by atomic mass is 16.2. The van der Waals surface area contributed by atoms with Gasteiger partial charge in [0, 0.05) is 12.6 Å². The van der Waals surface area contributed by atoms with Crippen LogP contribution in [0.4, 0.5) is 0 Å². The molecule has 1 fully saturated rings. The quantitative estimate of drug-likeness (QED) is 0.840. The summed E-state index contributed by atoms with van der Waals surface area (Å²) in [6, 6.07) is 8.20. The minimum Gasteiger partial charge on any atom is -0.345 e. The van der Waals surface area contributed by atoms with E-state index in [4.69, 9.17) is 0 Å². The highest BCUT2D eigenvalue weighted by Gasteiger charge is 2.25. The molecule has 120 valence electrons. The molecule has 1 aromatic carbocycles. The zero-order chi connectivity index (χ0) is 15.9. The van der Waals surface area contributed by atoms with Gasteiger partial charge in [0.2, 0.25) is 0 Å². The van der Waals surface area contributed by atoms with Crippen LogP contribution in [0.3, 0.4) is 0 Å². The molecule has 2 atom stereocenters. The summed E-state index contributed by atoms with van der Waals surface area (Å²) in [5, 5.41) is 5.56. The fourth-order valence-electron chi connectivity index (χ4n) is 2.92. The van der Waals surface area contributed by atoms with Crippen LogP contribution in [-0.2, 0) is 22.6 Å². The maximum atomic E-state index is 12.0. The Morgan fingerprint density at radius 2 is 1.68 bits per heavy atom. The van der Waals surface area contributed by atoms with Gasteiger partial charge in [-0.15, -0.1) is 0 Å². The van der Waals surface area contributed by atoms with Crippen molar-refractivity contribution in [1.29, 1.82) is 0 Å². The number of benzene rings is 1. The minimum absolute atomic E-state index is 0.135. The third-order valence-electron chi connectivity index (χ3n) is 4.52. The van der Waals surface area contributed by atoms with Gasteiger partial charge in [0.05, 0.1) is 0 Å². The number of carbonyl (C=O) groups is 2. The van der Waals surface area contributed by atoms with E-state index in [0.717, 1.165) is 31.2 Å². The summed E-state index contributed by atoms with van der Waals surface area (Å²) < 4.78 is 0. The summed E-state index contributed by atoms with van der Waals surface area (Å²) in [7, 11) is 0. The number of hydrogen-bond acceptors (Lipinski definition) is 2. The molecule has 0 unspecified atom stereocenters. The van der Waals surface area contributed by atoms with Crippen LogP contribution in [0.2, 0.25) is 0 Å². The van der Waals surface area contributed by atoms with Gasteiger partial charge >= 0.3 is 11.8 Å². The van der Waals surface area contributed by atoms with Crippen molar-refractivity contribution in [3.8, 4) is 0 Å². The van der Waals surface area contributed by atoms with Crippen LogP contribution in [0.25, 0.3) is 0 Å². The summed E-state index contributed by atoms with van der Waals surface area (Å²) in [4.78, 5) is 23.9. The van der Waals surface area contributed by atoms with Crippen molar-refractivity contribution in [3.05, 3.63) is 35.4 Å². The summed E-state index contributed by atoms with van der Waals surface area (Å²) in [6.45, 7) is 4.63. The molecule has 0 heterocycles. The van der Waals surface area contributed by atoms with Gasteiger partial charge < -0.3 is 10.6 Å². The van der Waals surface area contributed by atoms with Gasteiger partial charge in [-0.2, -0.15) is 0 Å². The van der Waals surface area contributed by atoms with E-state index in [1.54, 1.807) is 0 Å². The number of rotatable bonds is 4. The van der Waals surface area contributed by atoms with Gasteiger partial charge in [0.25, 0.3) is 0 Å². The van der Waals surface area contributed by atoms with E-state index < -0.39 is 11.8 Å². The van der Waals surface area contributed by atoms with Crippen molar-refractivity contribution in [1.82, 2.24) is 10.6 Å². The molecular weight excluding hydrogens is 276 g/mol. The molecule has 1 saturated carbocycles. The standard InChI is InChI=1S/C18H26N2O2/c1-3-14-8-10-15(11-9-14)12-19-17(21)18(22)20-16-7-5-4-6-13(16)2/h8-11,13,16H,3-7,12H2,1-2H3,(H,19,21)(H,20,22)/t13-,16-/m0/s1. The zero-order valence-electron chi connectivity index (χ0n) is 13.5. The van der Waals surface area contributed by atoms with E-state index in [-0.39, 0.29) is 6.04 Å². The molecule has 0 spiro atoms. The fraction of sp³-hybridized carbons (Fsp3) is 0.556. The third kappa shape index (κ3) is 4.58. The van der Waals surface area contributed by atoms with Gasteiger partial charge in [-0.25, -0.2) is 0 Å². The van der Waals surface area contributed by atoms with Crippen molar-refractivity contribution < 1.29 is 9.59 Å². The number of nitrogens with one attached hydrogen (secondary N) is 2. The number of amides is 2. The summed E-state index contributed by atoms with van der Waals surface area (Å²) >= 11 is 0. The van der Waals surface area contributed by atoms with Crippen LogP contribution in [0.5, 0.6) is 0 Å². The normalized spacial score (nSPS) is 21.2. The maximum Gasteiger partial charge on any atom is 0.309 e. The number of carbonyl (C=O) groups excluding carboxylic acids is 2. The highest BCUT2D eigenvalue weighted by Crippen LogP contribution is 2.23. The first-order valence-corrected chi connectivity index (χ1v) is 8.26. The Hall–Kier alpha value is -1.84. The Morgan fingerprint density at radius 3 is 2.32 bits per heavy atom. The molecule has 1 aromatic rings. The van der Waals surface area contributed by atoms with Crippen LogP contribution < -0.4 is 10.6 Å². The lowest BCUT2D eigenvalue weighted by atomic mass is 9.86. The Bertz CT molecular complexity index is 510. The molecular formula is C18H26N2O2. The van der Waals surface area contributed by atoms with Crippen molar-refractivity contribution in [2.75, 3.05) is 0 Å². The van der Waals surface area contributed by atoms with Crippen molar-refractivity contribution >= 4 is 11.8 Å². The fourth-order valence-corrected chi connectivity index (χ4v) is 2.92. The van der Waals surface area contributed by atoms with Crippen molar-refractivity contribution in [2.24, 2.45) is 5.92 Å². The van der Waals surface area contributed by atoms with Crippen LogP contribution in [0, 0.1) is 5.92 Å². The second kappa shape index (κ2) is 7.97. The molecule has 1 aliphatic carbocycles. The minimum atomic E-state index is -0.544. The first-order chi connectivity index (χ1) is 10.6. The topological polar surface area (TPSA) is 58.2 Å². The van der Waals surface area contributed by atoms with Crippen LogP contribution >= 0.6 is 0 Å². The molecule has 0 aliphatic heterocycles. The first kappa shape index (κ1) is 16.5. The summed E-state index contributed by atoms with van der Waals surface area (Å²) in [5.41, 5.74) is 2.27. The molecule has 4 nitrogen and oxygen atoms in total. The largest absolute Gasteiger partial charge is 0.345 e. The van der Waals surface area contributed by atoms with Crippen LogP contribution in [-0.4, -0.2) is 17.9 Å². The Morgan fingerprint density at radius 1 is 1.05 bits per heavy atom.